The molecule has 0 bridgehead atoms. The quantitative estimate of drug-likeness (QED) is 0.202. The van der Waals surface area contributed by atoms with Gasteiger partial charge in [0.25, 0.3) is 5.91 Å². The number of halogens is 1. The highest BCUT2D eigenvalue weighted by Gasteiger charge is 2.23. The molecule has 5 rings (SSSR count). The molecule has 0 unspecified atom stereocenters. The van der Waals surface area contributed by atoms with Gasteiger partial charge in [-0.25, -0.2) is 10.5 Å². The van der Waals surface area contributed by atoms with Crippen molar-refractivity contribution in [2.45, 2.75) is 33.4 Å². The normalized spacial score (nSPS) is 12.2. The van der Waals surface area contributed by atoms with Gasteiger partial charge < -0.3 is 14.3 Å². The Kier molecular flexibility index (Phi) is 7.57. The smallest absolute Gasteiger partial charge is 0.297 e. The molecule has 40 heavy (non-hydrogen) atoms. The Labute approximate surface area is 234 Å². The Morgan fingerprint density at radius 2 is 2.00 bits per heavy atom. The predicted molar refractivity (Wildman–Crippen MR) is 151 cm³/mol. The lowest BCUT2D eigenvalue weighted by atomic mass is 9.99. The highest BCUT2D eigenvalue weighted by molar-refractivity contribution is 6.29. The highest BCUT2D eigenvalue weighted by Crippen LogP contribution is 2.34. The number of hydrogen-bond acceptors (Lipinski definition) is 8. The lowest BCUT2D eigenvalue weighted by Crippen LogP contribution is -2.24. The molecule has 2 N–H and O–H groups in total. The van der Waals surface area contributed by atoms with Crippen LogP contribution in [0.15, 0.2) is 57.9 Å². The van der Waals surface area contributed by atoms with Crippen molar-refractivity contribution in [1.82, 2.24) is 20.2 Å². The first-order chi connectivity index (χ1) is 19.2. The number of carbonyl (C=O) groups excluding carboxylic acids is 1. The van der Waals surface area contributed by atoms with Gasteiger partial charge in [-0.05, 0) is 68.8 Å². The number of amides is 1. The van der Waals surface area contributed by atoms with Crippen LogP contribution in [0.4, 0.5) is 0 Å². The Morgan fingerprint density at radius 3 is 2.75 bits per heavy atom. The summed E-state index contributed by atoms with van der Waals surface area (Å²) in [7, 11) is 1.31. The largest absolute Gasteiger partial charge is 0.483 e. The fraction of sp³-hybridized carbons (Fsp3) is 0.241. The Balaban J connectivity index is 1.62. The maximum absolute atomic E-state index is 13.6. The van der Waals surface area contributed by atoms with Crippen LogP contribution in [0.1, 0.15) is 40.2 Å². The molecule has 0 aliphatic carbocycles. The second kappa shape index (κ2) is 11.1. The first-order valence-electron chi connectivity index (χ1n) is 12.5. The maximum atomic E-state index is 13.6. The van der Waals surface area contributed by atoms with Crippen LogP contribution in [0, 0.1) is 13.8 Å². The average molecular weight is 563 g/mol. The van der Waals surface area contributed by atoms with E-state index in [2.05, 4.69) is 15.6 Å². The molecule has 0 aliphatic heterocycles. The molecule has 0 fully saturated rings. The van der Waals surface area contributed by atoms with Crippen molar-refractivity contribution < 1.29 is 23.9 Å². The van der Waals surface area contributed by atoms with E-state index < -0.39 is 12.0 Å². The van der Waals surface area contributed by atoms with Crippen LogP contribution in [-0.2, 0) is 11.4 Å². The molecule has 5 aromatic rings. The molecular formula is C29H27ClN4O6. The fourth-order valence-corrected chi connectivity index (χ4v) is 4.80. The molecule has 3 aromatic heterocycles. The minimum atomic E-state index is -0.641. The van der Waals surface area contributed by atoms with Crippen molar-refractivity contribution in [1.29, 1.82) is 0 Å². The second-order valence-corrected chi connectivity index (χ2v) is 9.77. The predicted octanol–water partition coefficient (Wildman–Crippen LogP) is 4.90. The third kappa shape index (κ3) is 5.16. The van der Waals surface area contributed by atoms with Crippen molar-refractivity contribution in [2.75, 3.05) is 13.7 Å². The van der Waals surface area contributed by atoms with Crippen LogP contribution in [0.5, 0.6) is 5.75 Å². The van der Waals surface area contributed by atoms with Gasteiger partial charge in [-0.1, -0.05) is 11.6 Å². The number of aryl methyl sites for hydroxylation is 1. The van der Waals surface area contributed by atoms with E-state index in [0.717, 1.165) is 16.5 Å². The molecule has 0 saturated carbocycles. The number of hydrogen-bond donors (Lipinski definition) is 2. The highest BCUT2D eigenvalue weighted by atomic mass is 35.5. The molecule has 10 nitrogen and oxygen atoms in total. The lowest BCUT2D eigenvalue weighted by molar-refractivity contribution is 0.0526. The average Bonchev–Trinajstić information content (AvgIpc) is 3.33. The Bertz CT molecular complexity index is 1810. The molecule has 1 atom stereocenters. The summed E-state index contributed by atoms with van der Waals surface area (Å²) in [5, 5.41) is 15.1. The topological polar surface area (TPSA) is 129 Å². The van der Waals surface area contributed by atoms with Crippen LogP contribution in [0.3, 0.4) is 0 Å². The number of aliphatic hydroxyl groups excluding tert-OH is 1. The van der Waals surface area contributed by atoms with Gasteiger partial charge in [0.05, 0.1) is 31.2 Å². The van der Waals surface area contributed by atoms with Crippen LogP contribution in [0.2, 0.25) is 5.15 Å². The summed E-state index contributed by atoms with van der Waals surface area (Å²) >= 11 is 6.02. The number of fused-ring (bicyclic) bond motifs is 2. The third-order valence-electron chi connectivity index (χ3n) is 6.51. The second-order valence-electron chi connectivity index (χ2n) is 9.38. The van der Waals surface area contributed by atoms with Gasteiger partial charge in [0.15, 0.2) is 16.9 Å². The zero-order valence-electron chi connectivity index (χ0n) is 22.3. The standard InChI is InChI=1S/C29H27ClN4O6/c1-15-11-20(17(3)39-23-7-8-24(30)31-25(23)29(37)33-38-4)28-21(12-15)26(36)16(2)27(40-28)18-5-6-22-19(13-18)14-34(32-22)9-10-35/h5-8,11-14,17,35H,9-10H2,1-4H3,(H,33,37)/t17-/m1/s1. The molecule has 2 aromatic carbocycles. The van der Waals surface area contributed by atoms with E-state index in [4.69, 9.17) is 25.6 Å². The Morgan fingerprint density at radius 1 is 1.20 bits per heavy atom. The maximum Gasteiger partial charge on any atom is 0.297 e. The van der Waals surface area contributed by atoms with Crippen LogP contribution in [-0.4, -0.2) is 39.5 Å². The van der Waals surface area contributed by atoms with Crippen LogP contribution >= 0.6 is 11.6 Å². The number of pyridine rings is 1. The van der Waals surface area contributed by atoms with Gasteiger partial charge in [-0.2, -0.15) is 5.10 Å². The molecule has 3 heterocycles. The molecule has 0 saturated heterocycles. The van der Waals surface area contributed by atoms with E-state index in [1.165, 1.54) is 13.2 Å². The summed E-state index contributed by atoms with van der Waals surface area (Å²) in [5.74, 6) is -0.00971. The van der Waals surface area contributed by atoms with Gasteiger partial charge in [-0.15, -0.1) is 0 Å². The Hall–Kier alpha value is -4.25. The number of aliphatic hydroxyl groups is 1. The lowest BCUT2D eigenvalue weighted by Gasteiger charge is -2.19. The van der Waals surface area contributed by atoms with E-state index in [-0.39, 0.29) is 28.6 Å². The van der Waals surface area contributed by atoms with E-state index in [1.54, 1.807) is 30.7 Å². The summed E-state index contributed by atoms with van der Waals surface area (Å²) in [6, 6.07) is 12.3. The van der Waals surface area contributed by atoms with Crippen molar-refractivity contribution in [3.8, 4) is 17.1 Å². The summed E-state index contributed by atoms with van der Waals surface area (Å²) < 4.78 is 14.3. The molecule has 1 amide bonds. The third-order valence-corrected chi connectivity index (χ3v) is 6.72. The van der Waals surface area contributed by atoms with Gasteiger partial charge >= 0.3 is 0 Å². The first-order valence-corrected chi connectivity index (χ1v) is 12.9. The molecule has 11 heteroatoms. The monoisotopic (exact) mass is 562 g/mol. The van der Waals surface area contributed by atoms with Crippen LogP contribution < -0.4 is 15.6 Å². The summed E-state index contributed by atoms with van der Waals surface area (Å²) in [6.07, 6.45) is 1.20. The number of nitrogens with zero attached hydrogens (tertiary/aromatic N) is 3. The summed E-state index contributed by atoms with van der Waals surface area (Å²) in [4.78, 5) is 34.9. The van der Waals surface area contributed by atoms with Crippen LogP contribution in [0.25, 0.3) is 33.2 Å². The zero-order chi connectivity index (χ0) is 28.6. The number of rotatable bonds is 8. The van der Waals surface area contributed by atoms with Gasteiger partial charge in [0.2, 0.25) is 0 Å². The zero-order valence-corrected chi connectivity index (χ0v) is 23.1. The van der Waals surface area contributed by atoms with Crippen molar-refractivity contribution in [3.05, 3.63) is 86.4 Å². The SMILES string of the molecule is CONC(=O)c1nc(Cl)ccc1O[C@H](C)c1cc(C)cc2c(=O)c(C)c(-c3ccc4nn(CCO)cc4c3)oc12. The number of benzene rings is 2. The van der Waals surface area contributed by atoms with E-state index in [1.807, 2.05) is 37.4 Å². The minimum absolute atomic E-state index is 0.0212. The van der Waals surface area contributed by atoms with E-state index in [9.17, 15) is 14.7 Å². The van der Waals surface area contributed by atoms with Gasteiger partial charge in [0.1, 0.15) is 22.6 Å². The minimum Gasteiger partial charge on any atom is -0.483 e. The summed E-state index contributed by atoms with van der Waals surface area (Å²) in [6.45, 7) is 5.78. The first kappa shape index (κ1) is 27.3. The van der Waals surface area contributed by atoms with Gasteiger partial charge in [-0.3, -0.25) is 19.1 Å². The number of nitrogens with one attached hydrogen (secondary N) is 1. The molecule has 0 radical (unpaired) electrons. The molecule has 0 spiro atoms. The van der Waals surface area contributed by atoms with Crippen molar-refractivity contribution in [2.24, 2.45) is 0 Å². The number of ether oxygens (including phenoxy) is 1. The number of hydroxylamine groups is 1. The summed E-state index contributed by atoms with van der Waals surface area (Å²) in [5.41, 5.74) is 5.82. The van der Waals surface area contributed by atoms with Gasteiger partial charge in [0, 0.05) is 28.3 Å². The molecule has 206 valence electrons. The van der Waals surface area contributed by atoms with Crippen molar-refractivity contribution in [3.63, 3.8) is 0 Å². The number of aromatic nitrogens is 3. The van der Waals surface area contributed by atoms with E-state index in [0.29, 0.717) is 40.0 Å². The fourth-order valence-electron chi connectivity index (χ4n) is 4.66. The van der Waals surface area contributed by atoms with E-state index >= 15 is 0 Å². The number of carbonyl (C=O) groups is 1. The van der Waals surface area contributed by atoms with Crippen molar-refractivity contribution >= 4 is 39.4 Å². The molecule has 0 aliphatic rings. The molecular weight excluding hydrogens is 536 g/mol.